The van der Waals surface area contributed by atoms with E-state index in [4.69, 9.17) is 0 Å². The van der Waals surface area contributed by atoms with Crippen molar-refractivity contribution in [2.45, 2.75) is 33.1 Å². The van der Waals surface area contributed by atoms with Gasteiger partial charge in [-0.2, -0.15) is 0 Å². The van der Waals surface area contributed by atoms with Crippen molar-refractivity contribution >= 4 is 55.7 Å². The summed E-state index contributed by atoms with van der Waals surface area (Å²) in [7, 11) is 0. The van der Waals surface area contributed by atoms with Gasteiger partial charge in [-0.1, -0.05) is 150 Å². The molecular formula is C61H46N2. The Morgan fingerprint density at radius 2 is 0.746 bits per heavy atom. The van der Waals surface area contributed by atoms with Crippen LogP contribution in [-0.4, -0.2) is 0 Å². The fourth-order valence-electron chi connectivity index (χ4n) is 10.7. The van der Waals surface area contributed by atoms with Gasteiger partial charge in [-0.25, -0.2) is 0 Å². The number of anilines is 6. The lowest BCUT2D eigenvalue weighted by Gasteiger charge is -2.33. The Morgan fingerprint density at radius 3 is 1.27 bits per heavy atom. The molecule has 1 spiro atoms. The molecule has 2 heteroatoms. The zero-order chi connectivity index (χ0) is 42.4. The number of fused-ring (bicyclic) bond motifs is 13. The predicted octanol–water partition coefficient (Wildman–Crippen LogP) is 16.5. The maximum atomic E-state index is 2.54. The van der Waals surface area contributed by atoms with Crippen LogP contribution in [0.4, 0.5) is 34.1 Å². The Labute approximate surface area is 370 Å². The van der Waals surface area contributed by atoms with Gasteiger partial charge < -0.3 is 9.80 Å². The van der Waals surface area contributed by atoms with Crippen molar-refractivity contribution < 1.29 is 0 Å². The summed E-state index contributed by atoms with van der Waals surface area (Å²) in [6.45, 7) is 8.63. The predicted molar refractivity (Wildman–Crippen MR) is 266 cm³/mol. The number of hydrogen-bond donors (Lipinski definition) is 0. The summed E-state index contributed by atoms with van der Waals surface area (Å²) >= 11 is 0. The third-order valence-electron chi connectivity index (χ3n) is 13.7. The average molecular weight is 807 g/mol. The second-order valence-corrected chi connectivity index (χ2v) is 17.6. The molecule has 0 radical (unpaired) electrons. The Kier molecular flexibility index (Phi) is 8.36. The smallest absolute Gasteiger partial charge is 0.0726 e. The molecule has 10 aromatic carbocycles. The second-order valence-electron chi connectivity index (χ2n) is 17.6. The summed E-state index contributed by atoms with van der Waals surface area (Å²) in [5, 5.41) is 4.93. The lowest BCUT2D eigenvalue weighted by molar-refractivity contribution is 0.795. The van der Waals surface area contributed by atoms with Gasteiger partial charge in [0.2, 0.25) is 0 Å². The number of aryl methyl sites for hydroxylation is 4. The highest BCUT2D eigenvalue weighted by molar-refractivity contribution is 6.13. The fraction of sp³-hybridized carbons (Fsp3) is 0.0820. The van der Waals surface area contributed by atoms with E-state index in [1.165, 1.54) is 94.0 Å². The molecule has 2 aliphatic carbocycles. The van der Waals surface area contributed by atoms with Crippen molar-refractivity contribution in [1.82, 2.24) is 0 Å². The van der Waals surface area contributed by atoms with Gasteiger partial charge in [0.05, 0.1) is 11.1 Å². The molecule has 0 saturated carbocycles. The van der Waals surface area contributed by atoms with E-state index in [1.807, 2.05) is 0 Å². The molecule has 0 unspecified atom stereocenters. The molecule has 300 valence electrons. The van der Waals surface area contributed by atoms with Crippen LogP contribution in [-0.2, 0) is 5.41 Å². The number of benzene rings is 10. The Morgan fingerprint density at radius 1 is 0.302 bits per heavy atom. The minimum atomic E-state index is -0.555. The molecule has 0 bridgehead atoms. The molecule has 0 aliphatic heterocycles. The monoisotopic (exact) mass is 806 g/mol. The van der Waals surface area contributed by atoms with E-state index in [9.17, 15) is 0 Å². The van der Waals surface area contributed by atoms with E-state index in [1.54, 1.807) is 0 Å². The van der Waals surface area contributed by atoms with E-state index >= 15 is 0 Å². The first kappa shape index (κ1) is 37.1. The third kappa shape index (κ3) is 5.64. The minimum Gasteiger partial charge on any atom is -0.310 e. The van der Waals surface area contributed by atoms with Crippen LogP contribution in [0.1, 0.15) is 44.5 Å². The molecule has 0 saturated heterocycles. The van der Waals surface area contributed by atoms with Crippen LogP contribution in [0.3, 0.4) is 0 Å². The van der Waals surface area contributed by atoms with E-state index < -0.39 is 5.41 Å². The summed E-state index contributed by atoms with van der Waals surface area (Å²) < 4.78 is 0. The van der Waals surface area contributed by atoms with Crippen LogP contribution in [0.5, 0.6) is 0 Å². The highest BCUT2D eigenvalue weighted by Gasteiger charge is 2.52. The first-order chi connectivity index (χ1) is 30.9. The summed E-state index contributed by atoms with van der Waals surface area (Å²) in [6, 6.07) is 77.7. The van der Waals surface area contributed by atoms with Crippen molar-refractivity contribution in [1.29, 1.82) is 0 Å². The van der Waals surface area contributed by atoms with Gasteiger partial charge in [-0.3, -0.25) is 0 Å². The molecule has 0 amide bonds. The van der Waals surface area contributed by atoms with Crippen molar-refractivity contribution in [2.75, 3.05) is 9.80 Å². The van der Waals surface area contributed by atoms with Crippen LogP contribution < -0.4 is 9.80 Å². The van der Waals surface area contributed by atoms with Crippen LogP contribution in [0, 0.1) is 27.7 Å². The van der Waals surface area contributed by atoms with E-state index in [-0.39, 0.29) is 0 Å². The molecule has 0 fully saturated rings. The van der Waals surface area contributed by atoms with Crippen molar-refractivity contribution in [2.24, 2.45) is 0 Å². The largest absolute Gasteiger partial charge is 0.310 e. The summed E-state index contributed by atoms with van der Waals surface area (Å²) in [5.74, 6) is 0. The van der Waals surface area contributed by atoms with Gasteiger partial charge >= 0.3 is 0 Å². The quantitative estimate of drug-likeness (QED) is 0.165. The van der Waals surface area contributed by atoms with Crippen LogP contribution >= 0.6 is 0 Å². The van der Waals surface area contributed by atoms with Crippen molar-refractivity contribution in [3.8, 4) is 22.3 Å². The summed E-state index contributed by atoms with van der Waals surface area (Å²) in [4.78, 5) is 4.86. The van der Waals surface area contributed by atoms with Crippen LogP contribution in [0.2, 0.25) is 0 Å². The fourth-order valence-corrected chi connectivity index (χ4v) is 10.7. The number of hydrogen-bond acceptors (Lipinski definition) is 2. The Bertz CT molecular complexity index is 3280. The molecular weight excluding hydrogens is 761 g/mol. The normalized spacial score (nSPS) is 12.9. The van der Waals surface area contributed by atoms with E-state index in [0.29, 0.717) is 0 Å². The van der Waals surface area contributed by atoms with Crippen LogP contribution in [0.15, 0.2) is 206 Å². The van der Waals surface area contributed by atoms with Gasteiger partial charge in [-0.05, 0) is 167 Å². The molecule has 0 N–H and O–H groups in total. The number of nitrogens with zero attached hydrogens (tertiary/aromatic N) is 2. The first-order valence-electron chi connectivity index (χ1n) is 22.1. The molecule has 2 aliphatic rings. The minimum absolute atomic E-state index is 0.555. The SMILES string of the molecule is Cc1ccc(N(c2ccc(C)cc2)c2ccc3cc4c(cc3c2)C2(c3ccccc3-c3ccccc32)c2cc(N(c3ccc(C)cc3)c3ccc(C)cc3)c3ccccc3c2-4)cc1. The molecule has 0 atom stereocenters. The third-order valence-corrected chi connectivity index (χ3v) is 13.7. The number of rotatable bonds is 6. The van der Waals surface area contributed by atoms with Gasteiger partial charge in [-0.15, -0.1) is 0 Å². The standard InChI is InChI=1S/C61H46N2/c1-39-17-26-45(27-18-39)62(46-28-19-40(2)20-29-46)49-34-25-43-36-54-57(37-44(43)35-49)61(55-15-9-7-11-50(55)51-12-8-10-16-56(51)61)58-38-59(52-13-5-6-14-53(52)60(54)58)63(47-30-21-41(3)22-31-47)48-32-23-42(4)24-33-48/h5-38H,1-4H3. The van der Waals surface area contributed by atoms with Crippen molar-refractivity contribution in [3.63, 3.8) is 0 Å². The molecule has 0 heterocycles. The topological polar surface area (TPSA) is 6.48 Å². The molecule has 63 heavy (non-hydrogen) atoms. The zero-order valence-electron chi connectivity index (χ0n) is 36.0. The van der Waals surface area contributed by atoms with E-state index in [0.717, 1.165) is 28.4 Å². The zero-order valence-corrected chi connectivity index (χ0v) is 36.0. The highest BCUT2D eigenvalue weighted by atomic mass is 15.1. The van der Waals surface area contributed by atoms with Gasteiger partial charge in [0, 0.05) is 33.8 Å². The van der Waals surface area contributed by atoms with Crippen LogP contribution in [0.25, 0.3) is 43.8 Å². The molecule has 0 aromatic heterocycles. The summed E-state index contributed by atoms with van der Waals surface area (Å²) in [5.41, 5.74) is 21.8. The van der Waals surface area contributed by atoms with Crippen molar-refractivity contribution in [3.05, 3.63) is 251 Å². The van der Waals surface area contributed by atoms with Gasteiger partial charge in [0.1, 0.15) is 0 Å². The highest BCUT2D eigenvalue weighted by Crippen LogP contribution is 2.65. The lowest BCUT2D eigenvalue weighted by atomic mass is 9.70. The van der Waals surface area contributed by atoms with Gasteiger partial charge in [0.25, 0.3) is 0 Å². The molecule has 2 nitrogen and oxygen atoms in total. The Balaban J connectivity index is 1.17. The lowest BCUT2D eigenvalue weighted by Crippen LogP contribution is -2.26. The second kappa shape index (κ2) is 14.2. The Hall–Kier alpha value is -7.68. The maximum Gasteiger partial charge on any atom is 0.0726 e. The van der Waals surface area contributed by atoms with Gasteiger partial charge in [0.15, 0.2) is 0 Å². The summed E-state index contributed by atoms with van der Waals surface area (Å²) in [6.07, 6.45) is 0. The maximum absolute atomic E-state index is 2.54. The molecule has 12 rings (SSSR count). The first-order valence-corrected chi connectivity index (χ1v) is 22.1. The average Bonchev–Trinajstić information content (AvgIpc) is 3.77. The van der Waals surface area contributed by atoms with E-state index in [2.05, 4.69) is 244 Å². The molecule has 10 aromatic rings.